The molecule has 1 heterocycles. The molecule has 1 fully saturated rings. The number of carboxylic acid groups (broad SMARTS) is 1. The Hall–Kier alpha value is -1.30. The van der Waals surface area contributed by atoms with Crippen molar-refractivity contribution in [3.63, 3.8) is 0 Å². The van der Waals surface area contributed by atoms with Gasteiger partial charge < -0.3 is 21.5 Å². The number of nitrogens with one attached hydrogen (secondary N) is 3. The Morgan fingerprint density at radius 3 is 2.92 bits per heavy atom. The van der Waals surface area contributed by atoms with Gasteiger partial charge in [-0.1, -0.05) is 0 Å². The highest BCUT2D eigenvalue weighted by Crippen LogP contribution is 2.10. The number of hydrogen-bond acceptors (Lipinski definition) is 3. The van der Waals surface area contributed by atoms with Crippen LogP contribution < -0.4 is 16.4 Å². The van der Waals surface area contributed by atoms with Crippen LogP contribution >= 0.6 is 0 Å². The van der Waals surface area contributed by atoms with E-state index in [1.54, 1.807) is 0 Å². The Balaban J connectivity index is 2.49. The lowest BCUT2D eigenvalue weighted by Gasteiger charge is -2.22. The Morgan fingerprint density at radius 1 is 1.92 bits per heavy atom. The zero-order valence-electron chi connectivity index (χ0n) is 7.42. The average Bonchev–Trinajstić information content (AvgIpc) is 2.34. The van der Waals surface area contributed by atoms with E-state index < -0.39 is 11.5 Å². The summed E-state index contributed by atoms with van der Waals surface area (Å²) >= 11 is 0. The van der Waals surface area contributed by atoms with Crippen molar-refractivity contribution in [1.29, 1.82) is 5.41 Å². The van der Waals surface area contributed by atoms with Gasteiger partial charge in [0.05, 0.1) is 0 Å². The molecule has 6 nitrogen and oxygen atoms in total. The van der Waals surface area contributed by atoms with Gasteiger partial charge >= 0.3 is 5.97 Å². The molecule has 1 aliphatic rings. The van der Waals surface area contributed by atoms with Gasteiger partial charge in [0, 0.05) is 12.6 Å². The lowest BCUT2D eigenvalue weighted by Crippen LogP contribution is -2.49. The molecule has 0 bridgehead atoms. The molecule has 0 unspecified atom stereocenters. The van der Waals surface area contributed by atoms with Crippen LogP contribution in [0.4, 0.5) is 0 Å². The van der Waals surface area contributed by atoms with Crippen LogP contribution in [0.2, 0.25) is 0 Å². The number of carboxylic acids is 1. The fourth-order valence-electron chi connectivity index (χ4n) is 1.25. The van der Waals surface area contributed by atoms with E-state index in [9.17, 15) is 4.79 Å². The van der Waals surface area contributed by atoms with Gasteiger partial charge in [-0.3, -0.25) is 10.2 Å². The van der Waals surface area contributed by atoms with Gasteiger partial charge in [0.2, 0.25) is 0 Å². The van der Waals surface area contributed by atoms with Gasteiger partial charge in [-0.2, -0.15) is 0 Å². The van der Waals surface area contributed by atoms with Gasteiger partial charge in [-0.25, -0.2) is 0 Å². The molecule has 0 spiro atoms. The van der Waals surface area contributed by atoms with Gasteiger partial charge in [-0.05, 0) is 13.3 Å². The average molecular weight is 186 g/mol. The number of hydrogen-bond donors (Lipinski definition) is 5. The molecule has 0 aromatic heterocycles. The zero-order valence-corrected chi connectivity index (χ0v) is 7.42. The Morgan fingerprint density at radius 2 is 2.54 bits per heavy atom. The van der Waals surface area contributed by atoms with Crippen LogP contribution in [-0.2, 0) is 4.79 Å². The minimum Gasteiger partial charge on any atom is -0.480 e. The Kier molecular flexibility index (Phi) is 2.42. The van der Waals surface area contributed by atoms with Crippen molar-refractivity contribution in [3.05, 3.63) is 0 Å². The summed E-state index contributed by atoms with van der Waals surface area (Å²) in [6.07, 6.45) is 0.303. The van der Waals surface area contributed by atoms with E-state index in [0.717, 1.165) is 0 Å². The first-order chi connectivity index (χ1) is 5.92. The minimum absolute atomic E-state index is 0.0707. The van der Waals surface area contributed by atoms with Gasteiger partial charge in [0.1, 0.15) is 5.54 Å². The van der Waals surface area contributed by atoms with E-state index in [4.69, 9.17) is 16.2 Å². The summed E-state index contributed by atoms with van der Waals surface area (Å²) in [6.45, 7) is 2.03. The van der Waals surface area contributed by atoms with Crippen LogP contribution in [0.25, 0.3) is 0 Å². The summed E-state index contributed by atoms with van der Waals surface area (Å²) in [7, 11) is 0. The van der Waals surface area contributed by atoms with Crippen molar-refractivity contribution in [2.45, 2.75) is 24.9 Å². The van der Waals surface area contributed by atoms with Crippen LogP contribution in [0.3, 0.4) is 0 Å². The summed E-state index contributed by atoms with van der Waals surface area (Å²) in [6, 6.07) is -0.0707. The Bertz CT molecular complexity index is 239. The largest absolute Gasteiger partial charge is 0.480 e. The first-order valence-electron chi connectivity index (χ1n) is 4.03. The molecule has 74 valence electrons. The van der Waals surface area contributed by atoms with Gasteiger partial charge in [-0.15, -0.1) is 0 Å². The molecule has 1 rings (SSSR count). The lowest BCUT2D eigenvalue weighted by atomic mass is 9.95. The maximum absolute atomic E-state index is 10.7. The predicted molar refractivity (Wildman–Crippen MR) is 47.5 cm³/mol. The second kappa shape index (κ2) is 3.21. The summed E-state index contributed by atoms with van der Waals surface area (Å²) < 4.78 is 0. The van der Waals surface area contributed by atoms with Gasteiger partial charge in [0.15, 0.2) is 5.96 Å². The SMILES string of the molecule is C[C@](N)(C[C@@H]1CNC(=N)N1)C(=O)O. The van der Waals surface area contributed by atoms with Crippen LogP contribution in [0, 0.1) is 5.41 Å². The second-order valence-electron chi connectivity index (χ2n) is 3.52. The minimum atomic E-state index is -1.23. The van der Waals surface area contributed by atoms with Crippen molar-refractivity contribution in [1.82, 2.24) is 10.6 Å². The summed E-state index contributed by atoms with van der Waals surface area (Å²) in [5, 5.41) is 21.5. The fraction of sp³-hybridized carbons (Fsp3) is 0.714. The third kappa shape index (κ3) is 2.32. The predicted octanol–water partition coefficient (Wildman–Crippen LogP) is -1.33. The molecule has 0 amide bonds. The monoisotopic (exact) mass is 186 g/mol. The molecule has 0 aliphatic carbocycles. The molecule has 6 N–H and O–H groups in total. The molecular weight excluding hydrogens is 172 g/mol. The topological polar surface area (TPSA) is 111 Å². The summed E-state index contributed by atoms with van der Waals surface area (Å²) in [4.78, 5) is 10.7. The third-order valence-electron chi connectivity index (χ3n) is 2.03. The fourth-order valence-corrected chi connectivity index (χ4v) is 1.25. The molecule has 1 aliphatic heterocycles. The molecule has 1 saturated heterocycles. The smallest absolute Gasteiger partial charge is 0.323 e. The normalized spacial score (nSPS) is 26.0. The highest BCUT2D eigenvalue weighted by atomic mass is 16.4. The van der Waals surface area contributed by atoms with E-state index in [1.165, 1.54) is 6.92 Å². The number of rotatable bonds is 3. The van der Waals surface area contributed by atoms with Crippen LogP contribution in [0.1, 0.15) is 13.3 Å². The molecule has 0 saturated carbocycles. The molecular formula is C7H14N4O2. The lowest BCUT2D eigenvalue weighted by molar-refractivity contribution is -0.143. The van der Waals surface area contributed by atoms with Crippen LogP contribution in [0.15, 0.2) is 0 Å². The quantitative estimate of drug-likeness (QED) is 0.375. The first kappa shape index (κ1) is 9.79. The highest BCUT2D eigenvalue weighted by molar-refractivity contribution is 5.80. The number of aliphatic carboxylic acids is 1. The molecule has 6 heteroatoms. The molecule has 13 heavy (non-hydrogen) atoms. The van der Waals surface area contributed by atoms with E-state index in [1.807, 2.05) is 0 Å². The number of nitrogens with two attached hydrogens (primary N) is 1. The van der Waals surface area contributed by atoms with Crippen molar-refractivity contribution in [2.24, 2.45) is 5.73 Å². The molecule has 2 atom stereocenters. The van der Waals surface area contributed by atoms with E-state index >= 15 is 0 Å². The van der Waals surface area contributed by atoms with E-state index in [0.29, 0.717) is 13.0 Å². The Labute approximate surface area is 76.0 Å². The zero-order chi connectivity index (χ0) is 10.1. The second-order valence-corrected chi connectivity index (χ2v) is 3.52. The third-order valence-corrected chi connectivity index (χ3v) is 2.03. The van der Waals surface area contributed by atoms with Crippen molar-refractivity contribution < 1.29 is 9.90 Å². The first-order valence-corrected chi connectivity index (χ1v) is 4.03. The van der Waals surface area contributed by atoms with Crippen LogP contribution in [-0.4, -0.2) is 35.2 Å². The molecule has 0 radical (unpaired) electrons. The number of carbonyl (C=O) groups is 1. The summed E-state index contributed by atoms with van der Waals surface area (Å²) in [5.74, 6) is -0.793. The van der Waals surface area contributed by atoms with E-state index in [2.05, 4.69) is 10.6 Å². The van der Waals surface area contributed by atoms with Gasteiger partial charge in [0.25, 0.3) is 0 Å². The number of guanidine groups is 1. The maximum atomic E-state index is 10.7. The standard InChI is InChI=1S/C7H14N4O2/c1-7(9,5(12)13)2-4-3-10-6(8)11-4/h4H,2-3,9H2,1H3,(H,12,13)(H3,8,10,11)/t4-,7+/m1/s1. The van der Waals surface area contributed by atoms with Crippen LogP contribution in [0.5, 0.6) is 0 Å². The van der Waals surface area contributed by atoms with Crippen molar-refractivity contribution >= 4 is 11.9 Å². The highest BCUT2D eigenvalue weighted by Gasteiger charge is 2.33. The molecule has 0 aromatic carbocycles. The van der Waals surface area contributed by atoms with E-state index in [-0.39, 0.29) is 12.0 Å². The molecule has 0 aromatic rings. The van der Waals surface area contributed by atoms with Crippen molar-refractivity contribution in [2.75, 3.05) is 6.54 Å². The summed E-state index contributed by atoms with van der Waals surface area (Å²) in [5.41, 5.74) is 4.31. The maximum Gasteiger partial charge on any atom is 0.323 e. The van der Waals surface area contributed by atoms with Crippen molar-refractivity contribution in [3.8, 4) is 0 Å².